The minimum Gasteiger partial charge on any atom is -0.489 e. The quantitative estimate of drug-likeness (QED) is 0.754. The summed E-state index contributed by atoms with van der Waals surface area (Å²) in [5.41, 5.74) is 5.59. The zero-order chi connectivity index (χ0) is 10.6. The van der Waals surface area contributed by atoms with E-state index in [4.69, 9.17) is 15.6 Å². The predicted octanol–water partition coefficient (Wildman–Crippen LogP) is 1.11. The fourth-order valence-electron chi connectivity index (χ4n) is 0.983. The van der Waals surface area contributed by atoms with Gasteiger partial charge in [0.25, 0.3) is 0 Å². The molecular formula is C10H13NO3. The van der Waals surface area contributed by atoms with Crippen LogP contribution in [0.4, 0.5) is 0 Å². The van der Waals surface area contributed by atoms with E-state index >= 15 is 0 Å². The first-order valence-electron chi connectivity index (χ1n) is 4.33. The standard InChI is InChI=1S/C10H13NO3/c1-7(6-11)14-9-4-2-3-8(5-9)10(12)13/h2-5,7H,6,11H2,1H3,(H,12,13). The van der Waals surface area contributed by atoms with Gasteiger partial charge < -0.3 is 15.6 Å². The third kappa shape index (κ3) is 2.74. The molecular weight excluding hydrogens is 182 g/mol. The van der Waals surface area contributed by atoms with E-state index in [9.17, 15) is 4.79 Å². The highest BCUT2D eigenvalue weighted by Crippen LogP contribution is 2.14. The molecule has 3 N–H and O–H groups in total. The van der Waals surface area contributed by atoms with Crippen molar-refractivity contribution in [3.63, 3.8) is 0 Å². The zero-order valence-corrected chi connectivity index (χ0v) is 7.93. The minimum absolute atomic E-state index is 0.112. The van der Waals surface area contributed by atoms with Gasteiger partial charge in [-0.3, -0.25) is 0 Å². The lowest BCUT2D eigenvalue weighted by Crippen LogP contribution is -2.22. The Morgan fingerprint density at radius 3 is 2.93 bits per heavy atom. The van der Waals surface area contributed by atoms with Gasteiger partial charge >= 0.3 is 5.97 Å². The van der Waals surface area contributed by atoms with Gasteiger partial charge in [-0.15, -0.1) is 0 Å². The van der Waals surface area contributed by atoms with Gasteiger partial charge in [0.05, 0.1) is 5.56 Å². The lowest BCUT2D eigenvalue weighted by atomic mass is 10.2. The summed E-state index contributed by atoms with van der Waals surface area (Å²) in [5, 5.41) is 8.72. The van der Waals surface area contributed by atoms with Crippen LogP contribution >= 0.6 is 0 Å². The Bertz CT molecular complexity index is 325. The zero-order valence-electron chi connectivity index (χ0n) is 7.93. The van der Waals surface area contributed by atoms with Crippen LogP contribution in [0.5, 0.6) is 5.75 Å². The summed E-state index contributed by atoms with van der Waals surface area (Å²) in [6.45, 7) is 2.23. The summed E-state index contributed by atoms with van der Waals surface area (Å²) in [4.78, 5) is 10.6. The number of ether oxygens (including phenoxy) is 1. The monoisotopic (exact) mass is 195 g/mol. The number of carbonyl (C=O) groups is 1. The molecule has 0 fully saturated rings. The lowest BCUT2D eigenvalue weighted by Gasteiger charge is -2.12. The maximum Gasteiger partial charge on any atom is 0.335 e. The van der Waals surface area contributed by atoms with Gasteiger partial charge in [0.2, 0.25) is 0 Å². The van der Waals surface area contributed by atoms with Crippen LogP contribution in [0.15, 0.2) is 24.3 Å². The van der Waals surface area contributed by atoms with Gasteiger partial charge in [-0.1, -0.05) is 6.07 Å². The molecule has 14 heavy (non-hydrogen) atoms. The van der Waals surface area contributed by atoms with Gasteiger partial charge in [-0.2, -0.15) is 0 Å². The van der Waals surface area contributed by atoms with E-state index in [0.717, 1.165) is 0 Å². The summed E-state index contributed by atoms with van der Waals surface area (Å²) in [5.74, 6) is -0.432. The molecule has 4 nitrogen and oxygen atoms in total. The number of hydrogen-bond donors (Lipinski definition) is 2. The van der Waals surface area contributed by atoms with Crippen LogP contribution in [0.2, 0.25) is 0 Å². The van der Waals surface area contributed by atoms with Crippen molar-refractivity contribution in [2.45, 2.75) is 13.0 Å². The summed E-state index contributed by atoms with van der Waals surface area (Å²) in [7, 11) is 0. The van der Waals surface area contributed by atoms with E-state index in [1.54, 1.807) is 12.1 Å². The molecule has 0 radical (unpaired) electrons. The van der Waals surface area contributed by atoms with E-state index in [1.807, 2.05) is 6.92 Å². The molecule has 1 aromatic rings. The summed E-state index contributed by atoms with van der Waals surface area (Å²) in [6, 6.07) is 6.34. The second-order valence-corrected chi connectivity index (χ2v) is 3.00. The Labute approximate surface area is 82.3 Å². The van der Waals surface area contributed by atoms with Gasteiger partial charge in [0, 0.05) is 6.54 Å². The van der Waals surface area contributed by atoms with Crippen molar-refractivity contribution in [1.82, 2.24) is 0 Å². The average Bonchev–Trinajstić information content (AvgIpc) is 2.18. The second kappa shape index (κ2) is 4.62. The first-order chi connectivity index (χ1) is 6.63. The van der Waals surface area contributed by atoms with Gasteiger partial charge in [-0.05, 0) is 25.1 Å². The second-order valence-electron chi connectivity index (χ2n) is 3.00. The largest absolute Gasteiger partial charge is 0.489 e. The molecule has 1 rings (SSSR count). The highest BCUT2D eigenvalue weighted by atomic mass is 16.5. The molecule has 0 bridgehead atoms. The van der Waals surface area contributed by atoms with Crippen molar-refractivity contribution in [3.05, 3.63) is 29.8 Å². The molecule has 0 spiro atoms. The van der Waals surface area contributed by atoms with Crippen LogP contribution < -0.4 is 10.5 Å². The van der Waals surface area contributed by atoms with E-state index in [0.29, 0.717) is 12.3 Å². The Morgan fingerprint density at radius 1 is 1.64 bits per heavy atom. The molecule has 76 valence electrons. The summed E-state index contributed by atoms with van der Waals surface area (Å²) >= 11 is 0. The first-order valence-corrected chi connectivity index (χ1v) is 4.33. The molecule has 0 saturated heterocycles. The van der Waals surface area contributed by atoms with Gasteiger partial charge in [0.1, 0.15) is 11.9 Å². The van der Waals surface area contributed by atoms with E-state index < -0.39 is 5.97 Å². The Kier molecular flexibility index (Phi) is 3.48. The fourth-order valence-corrected chi connectivity index (χ4v) is 0.983. The molecule has 1 aromatic carbocycles. The van der Waals surface area contributed by atoms with Crippen LogP contribution in [0.1, 0.15) is 17.3 Å². The molecule has 1 atom stereocenters. The number of hydrogen-bond acceptors (Lipinski definition) is 3. The first kappa shape index (κ1) is 10.5. The van der Waals surface area contributed by atoms with E-state index in [1.165, 1.54) is 12.1 Å². The number of carboxylic acids is 1. The molecule has 0 aliphatic heterocycles. The maximum absolute atomic E-state index is 10.6. The highest BCUT2D eigenvalue weighted by Gasteiger charge is 2.05. The van der Waals surface area contributed by atoms with Crippen molar-refractivity contribution in [1.29, 1.82) is 0 Å². The minimum atomic E-state index is -0.962. The molecule has 0 aliphatic carbocycles. The summed E-state index contributed by atoms with van der Waals surface area (Å²) in [6.07, 6.45) is -0.112. The van der Waals surface area contributed by atoms with Crippen LogP contribution in [-0.2, 0) is 0 Å². The number of nitrogens with two attached hydrogens (primary N) is 1. The third-order valence-electron chi connectivity index (χ3n) is 1.75. The molecule has 0 aromatic heterocycles. The third-order valence-corrected chi connectivity index (χ3v) is 1.75. The van der Waals surface area contributed by atoms with Crippen molar-refractivity contribution in [2.75, 3.05) is 6.54 Å². The molecule has 4 heteroatoms. The lowest BCUT2D eigenvalue weighted by molar-refractivity contribution is 0.0696. The Morgan fingerprint density at radius 2 is 2.36 bits per heavy atom. The van der Waals surface area contributed by atoms with Crippen LogP contribution in [0.3, 0.4) is 0 Å². The maximum atomic E-state index is 10.6. The Balaban J connectivity index is 2.78. The molecule has 0 amide bonds. The molecule has 1 unspecified atom stereocenters. The van der Waals surface area contributed by atoms with Crippen molar-refractivity contribution < 1.29 is 14.6 Å². The SMILES string of the molecule is CC(CN)Oc1cccc(C(=O)O)c1. The number of benzene rings is 1. The normalized spacial score (nSPS) is 12.1. The van der Waals surface area contributed by atoms with Crippen LogP contribution in [0.25, 0.3) is 0 Å². The average molecular weight is 195 g/mol. The smallest absolute Gasteiger partial charge is 0.335 e. The van der Waals surface area contributed by atoms with Crippen molar-refractivity contribution in [3.8, 4) is 5.75 Å². The molecule has 0 heterocycles. The number of carboxylic acid groups (broad SMARTS) is 1. The Hall–Kier alpha value is -1.55. The van der Waals surface area contributed by atoms with Gasteiger partial charge in [0.15, 0.2) is 0 Å². The number of aromatic carboxylic acids is 1. The van der Waals surface area contributed by atoms with Crippen LogP contribution in [0, 0.1) is 0 Å². The van der Waals surface area contributed by atoms with E-state index in [-0.39, 0.29) is 11.7 Å². The molecule has 0 saturated carbocycles. The van der Waals surface area contributed by atoms with Crippen molar-refractivity contribution >= 4 is 5.97 Å². The summed E-state index contributed by atoms with van der Waals surface area (Å²) < 4.78 is 5.37. The molecule has 0 aliphatic rings. The van der Waals surface area contributed by atoms with Gasteiger partial charge in [-0.25, -0.2) is 4.79 Å². The van der Waals surface area contributed by atoms with E-state index in [2.05, 4.69) is 0 Å². The van der Waals surface area contributed by atoms with Crippen LogP contribution in [-0.4, -0.2) is 23.7 Å². The predicted molar refractivity (Wildman–Crippen MR) is 52.5 cm³/mol. The topological polar surface area (TPSA) is 72.5 Å². The van der Waals surface area contributed by atoms with Crippen molar-refractivity contribution in [2.24, 2.45) is 5.73 Å². The highest BCUT2D eigenvalue weighted by molar-refractivity contribution is 5.87. The fraction of sp³-hybridized carbons (Fsp3) is 0.300. The number of rotatable bonds is 4.